The smallest absolute Gasteiger partial charge is 0.255 e. The number of benzene rings is 1. The number of hydrogen-bond acceptors (Lipinski definition) is 3. The van der Waals surface area contributed by atoms with Crippen molar-refractivity contribution in [2.45, 2.75) is 56.4 Å². The Morgan fingerprint density at radius 1 is 1.08 bits per heavy atom. The van der Waals surface area contributed by atoms with E-state index in [1.54, 1.807) is 4.90 Å². The number of halogens is 2. The van der Waals surface area contributed by atoms with Crippen molar-refractivity contribution in [1.29, 1.82) is 0 Å². The van der Waals surface area contributed by atoms with Crippen molar-refractivity contribution in [3.05, 3.63) is 27.7 Å². The first-order valence-corrected chi connectivity index (χ1v) is 11.3. The number of nitrogens with one attached hydrogen (secondary N) is 1. The molecule has 1 aliphatic carbocycles. The van der Waals surface area contributed by atoms with Crippen LogP contribution in [0.4, 0.5) is 0 Å². The van der Waals surface area contributed by atoms with Crippen molar-refractivity contribution in [2.75, 3.05) is 13.1 Å². The van der Waals surface area contributed by atoms with Crippen LogP contribution in [0.2, 0.25) is 10.0 Å². The summed E-state index contributed by atoms with van der Waals surface area (Å²) < 4.78 is 28.2. The average molecular weight is 419 g/mol. The van der Waals surface area contributed by atoms with Gasteiger partial charge in [-0.2, -0.15) is 0 Å². The monoisotopic (exact) mass is 418 g/mol. The highest BCUT2D eigenvalue weighted by atomic mass is 35.5. The molecule has 1 saturated heterocycles. The summed E-state index contributed by atoms with van der Waals surface area (Å²) in [7, 11) is -3.80. The third-order valence-electron chi connectivity index (χ3n) is 5.29. The van der Waals surface area contributed by atoms with Gasteiger partial charge in [-0.15, -0.1) is 0 Å². The molecule has 0 bridgehead atoms. The zero-order chi connectivity index (χ0) is 18.9. The van der Waals surface area contributed by atoms with Crippen molar-refractivity contribution in [2.24, 2.45) is 5.92 Å². The Bertz CT molecular complexity index is 784. The standard InChI is InChI=1S/C18H24Cl2N2O3S/c1-12-6-8-22(9-7-12)18(23)14-10-17(16(20)11-15(14)19)26(24,25)21-13-4-2-3-5-13/h10-13,21H,2-9H2,1H3. The molecule has 2 aliphatic rings. The molecule has 0 atom stereocenters. The molecule has 1 heterocycles. The molecule has 0 spiro atoms. The van der Waals surface area contributed by atoms with Crippen LogP contribution in [0.5, 0.6) is 0 Å². The van der Waals surface area contributed by atoms with Crippen molar-refractivity contribution >= 4 is 39.1 Å². The van der Waals surface area contributed by atoms with E-state index in [2.05, 4.69) is 11.6 Å². The lowest BCUT2D eigenvalue weighted by atomic mass is 9.98. The molecule has 1 amide bonds. The van der Waals surface area contributed by atoms with Crippen LogP contribution < -0.4 is 4.72 Å². The van der Waals surface area contributed by atoms with E-state index < -0.39 is 10.0 Å². The van der Waals surface area contributed by atoms with Crippen LogP contribution in [0.25, 0.3) is 0 Å². The van der Waals surface area contributed by atoms with Crippen LogP contribution in [0, 0.1) is 5.92 Å². The topological polar surface area (TPSA) is 66.5 Å². The molecule has 26 heavy (non-hydrogen) atoms. The van der Waals surface area contributed by atoms with Crippen molar-refractivity contribution in [3.63, 3.8) is 0 Å². The summed E-state index contributed by atoms with van der Waals surface area (Å²) >= 11 is 12.4. The van der Waals surface area contributed by atoms with Crippen LogP contribution in [0.3, 0.4) is 0 Å². The minimum Gasteiger partial charge on any atom is -0.339 e. The summed E-state index contributed by atoms with van der Waals surface area (Å²) in [6.07, 6.45) is 5.54. The van der Waals surface area contributed by atoms with Gasteiger partial charge in [-0.1, -0.05) is 43.0 Å². The molecule has 1 aliphatic heterocycles. The van der Waals surface area contributed by atoms with Gasteiger partial charge in [0.1, 0.15) is 4.90 Å². The Morgan fingerprint density at radius 3 is 2.31 bits per heavy atom. The van der Waals surface area contributed by atoms with Gasteiger partial charge in [0.15, 0.2) is 0 Å². The second-order valence-corrected chi connectivity index (χ2v) is 9.84. The summed E-state index contributed by atoms with van der Waals surface area (Å²) in [6.45, 7) is 3.47. The highest BCUT2D eigenvalue weighted by molar-refractivity contribution is 7.89. The fourth-order valence-electron chi connectivity index (χ4n) is 3.61. The van der Waals surface area contributed by atoms with Crippen LogP contribution >= 0.6 is 23.2 Å². The fraction of sp³-hybridized carbons (Fsp3) is 0.611. The molecule has 2 fully saturated rings. The number of amides is 1. The highest BCUT2D eigenvalue weighted by Crippen LogP contribution is 2.31. The van der Waals surface area contributed by atoms with E-state index in [1.165, 1.54) is 12.1 Å². The number of hydrogen-bond donors (Lipinski definition) is 1. The zero-order valence-corrected chi connectivity index (χ0v) is 17.1. The van der Waals surface area contributed by atoms with Crippen molar-refractivity contribution in [3.8, 4) is 0 Å². The molecular formula is C18H24Cl2N2O3S. The van der Waals surface area contributed by atoms with Gasteiger partial charge in [0.2, 0.25) is 10.0 Å². The lowest BCUT2D eigenvalue weighted by molar-refractivity contribution is 0.0697. The zero-order valence-electron chi connectivity index (χ0n) is 14.8. The molecule has 1 aromatic carbocycles. The Morgan fingerprint density at radius 2 is 1.69 bits per heavy atom. The van der Waals surface area contributed by atoms with Crippen molar-refractivity contribution < 1.29 is 13.2 Å². The van der Waals surface area contributed by atoms with Gasteiger partial charge < -0.3 is 4.90 Å². The van der Waals surface area contributed by atoms with Gasteiger partial charge in [-0.05, 0) is 43.7 Å². The summed E-state index contributed by atoms with van der Waals surface area (Å²) in [5.41, 5.74) is 0.192. The first kappa shape index (κ1) is 19.9. The number of sulfonamides is 1. The summed E-state index contributed by atoms with van der Waals surface area (Å²) in [5, 5.41) is 0.211. The Hall–Kier alpha value is -0.820. The maximum absolute atomic E-state index is 12.8. The number of nitrogens with zero attached hydrogens (tertiary/aromatic N) is 1. The summed E-state index contributed by atoms with van der Waals surface area (Å²) in [6, 6.07) is 2.60. The van der Waals surface area contributed by atoms with Crippen LogP contribution in [-0.4, -0.2) is 38.4 Å². The Balaban J connectivity index is 1.88. The third kappa shape index (κ3) is 4.35. The predicted octanol–water partition coefficient (Wildman–Crippen LogP) is 4.09. The molecule has 1 aromatic rings. The van der Waals surface area contributed by atoms with Gasteiger partial charge in [-0.3, -0.25) is 4.79 Å². The van der Waals surface area contributed by atoms with Gasteiger partial charge in [0, 0.05) is 19.1 Å². The Kier molecular flexibility index (Phi) is 6.17. The average Bonchev–Trinajstić information content (AvgIpc) is 3.07. The third-order valence-corrected chi connectivity index (χ3v) is 7.59. The first-order valence-electron chi connectivity index (χ1n) is 9.08. The maximum Gasteiger partial charge on any atom is 0.255 e. The van der Waals surface area contributed by atoms with Crippen LogP contribution in [0.15, 0.2) is 17.0 Å². The fourth-order valence-corrected chi connectivity index (χ4v) is 5.77. The molecule has 1 saturated carbocycles. The molecule has 5 nitrogen and oxygen atoms in total. The van der Waals surface area contributed by atoms with Gasteiger partial charge in [0.25, 0.3) is 5.91 Å². The largest absolute Gasteiger partial charge is 0.339 e. The number of carbonyl (C=O) groups is 1. The van der Waals surface area contributed by atoms with Gasteiger partial charge in [-0.25, -0.2) is 13.1 Å². The van der Waals surface area contributed by atoms with Gasteiger partial charge >= 0.3 is 0 Å². The van der Waals surface area contributed by atoms with E-state index >= 15 is 0 Å². The first-order chi connectivity index (χ1) is 12.3. The predicted molar refractivity (Wildman–Crippen MR) is 103 cm³/mol. The molecule has 0 aromatic heterocycles. The van der Waals surface area contributed by atoms with Crippen molar-refractivity contribution in [1.82, 2.24) is 9.62 Å². The second-order valence-electron chi connectivity index (χ2n) is 7.34. The SMILES string of the molecule is CC1CCN(C(=O)c2cc(S(=O)(=O)NC3CCCC3)c(Cl)cc2Cl)CC1. The number of likely N-dealkylation sites (tertiary alicyclic amines) is 1. The van der Waals surface area contributed by atoms with E-state index in [0.717, 1.165) is 38.5 Å². The lowest BCUT2D eigenvalue weighted by Crippen LogP contribution is -2.38. The number of rotatable bonds is 4. The van der Waals surface area contributed by atoms with E-state index in [-0.39, 0.29) is 32.5 Å². The van der Waals surface area contributed by atoms with Crippen LogP contribution in [0.1, 0.15) is 55.8 Å². The van der Waals surface area contributed by atoms with E-state index in [0.29, 0.717) is 19.0 Å². The molecular weight excluding hydrogens is 395 g/mol. The summed E-state index contributed by atoms with van der Waals surface area (Å²) in [4.78, 5) is 14.5. The molecule has 8 heteroatoms. The quantitative estimate of drug-likeness (QED) is 0.800. The van der Waals surface area contributed by atoms with E-state index in [1.807, 2.05) is 0 Å². The minimum atomic E-state index is -3.80. The molecule has 0 unspecified atom stereocenters. The number of piperidine rings is 1. The highest BCUT2D eigenvalue weighted by Gasteiger charge is 2.29. The van der Waals surface area contributed by atoms with E-state index in [9.17, 15) is 13.2 Å². The summed E-state index contributed by atoms with van der Waals surface area (Å²) in [5.74, 6) is 0.349. The molecule has 144 valence electrons. The minimum absolute atomic E-state index is 0.0318. The Labute approximate surface area is 165 Å². The number of carbonyl (C=O) groups excluding carboxylic acids is 1. The lowest BCUT2D eigenvalue weighted by Gasteiger charge is -2.30. The maximum atomic E-state index is 12.8. The second kappa shape index (κ2) is 8.05. The van der Waals surface area contributed by atoms with E-state index in [4.69, 9.17) is 23.2 Å². The molecule has 0 radical (unpaired) electrons. The molecule has 3 rings (SSSR count). The normalized spacial score (nSPS) is 19.9. The molecule has 1 N–H and O–H groups in total. The van der Waals surface area contributed by atoms with Crippen LogP contribution in [-0.2, 0) is 10.0 Å². The van der Waals surface area contributed by atoms with Gasteiger partial charge in [0.05, 0.1) is 15.6 Å².